The van der Waals surface area contributed by atoms with Gasteiger partial charge in [-0.2, -0.15) is 4.98 Å². The van der Waals surface area contributed by atoms with Crippen LogP contribution in [0.1, 0.15) is 19.4 Å². The van der Waals surface area contributed by atoms with Crippen molar-refractivity contribution in [2.45, 2.75) is 25.3 Å². The molecule has 0 radical (unpaired) electrons. The van der Waals surface area contributed by atoms with Crippen LogP contribution in [0, 0.1) is 0 Å². The quantitative estimate of drug-likeness (QED) is 0.332. The van der Waals surface area contributed by atoms with Gasteiger partial charge in [0.25, 0.3) is 0 Å². The molecule has 0 fully saturated rings. The molecule has 1 aliphatic carbocycles. The maximum Gasteiger partial charge on any atom is 0.221 e. The summed E-state index contributed by atoms with van der Waals surface area (Å²) < 4.78 is 6.97. The summed E-state index contributed by atoms with van der Waals surface area (Å²) in [5.41, 5.74) is 6.89. The molecule has 158 valence electrons. The maximum atomic E-state index is 6.02. The van der Waals surface area contributed by atoms with E-state index in [4.69, 9.17) is 10.5 Å². The molecule has 1 aliphatic rings. The molecular formula is C24H29IN4O. The van der Waals surface area contributed by atoms with Crippen LogP contribution < -0.4 is 21.1 Å². The van der Waals surface area contributed by atoms with E-state index in [1.54, 1.807) is 6.20 Å². The van der Waals surface area contributed by atoms with Gasteiger partial charge in [0, 0.05) is 23.1 Å². The lowest BCUT2D eigenvalue weighted by molar-refractivity contribution is 0.114. The van der Waals surface area contributed by atoms with E-state index < -0.39 is 0 Å². The zero-order valence-electron chi connectivity index (χ0n) is 17.8. The van der Waals surface area contributed by atoms with Gasteiger partial charge in [-0.25, -0.2) is 4.98 Å². The minimum absolute atomic E-state index is 0.0563. The average Bonchev–Trinajstić information content (AvgIpc) is 2.71. The third kappa shape index (κ3) is 5.29. The molecule has 0 amide bonds. The Bertz CT molecular complexity index is 1050. The molecule has 0 spiro atoms. The third-order valence-electron chi connectivity index (χ3n) is 5.53. The molecule has 6 heteroatoms. The number of nitrogens with two attached hydrogens (primary N) is 1. The number of hydrogen-bond acceptors (Lipinski definition) is 5. The Labute approximate surface area is 192 Å². The fourth-order valence-corrected chi connectivity index (χ4v) is 4.00. The van der Waals surface area contributed by atoms with Crippen LogP contribution in [0.2, 0.25) is 0 Å². The lowest BCUT2D eigenvalue weighted by atomic mass is 9.77. The van der Waals surface area contributed by atoms with Crippen LogP contribution in [0.5, 0.6) is 0 Å². The second-order valence-electron chi connectivity index (χ2n) is 7.83. The highest BCUT2D eigenvalue weighted by Gasteiger charge is 2.35. The lowest BCUT2D eigenvalue weighted by Gasteiger charge is -2.41. The first-order valence-electron chi connectivity index (χ1n) is 10.0. The van der Waals surface area contributed by atoms with Crippen molar-refractivity contribution < 1.29 is 4.74 Å². The molecule has 0 bridgehead atoms. The summed E-state index contributed by atoms with van der Waals surface area (Å²) in [5.74, 6) is 1.06. The van der Waals surface area contributed by atoms with E-state index in [-0.39, 0.29) is 17.4 Å². The maximum absolute atomic E-state index is 6.02. The highest BCUT2D eigenvalue weighted by atomic mass is 127. The van der Waals surface area contributed by atoms with E-state index in [1.165, 1.54) is 16.0 Å². The molecule has 2 N–H and O–H groups in total. The Hall–Kier alpha value is -2.19. The summed E-state index contributed by atoms with van der Waals surface area (Å²) in [6.07, 6.45) is 14.2. The van der Waals surface area contributed by atoms with Crippen molar-refractivity contribution in [3.8, 4) is 0 Å². The van der Waals surface area contributed by atoms with Gasteiger partial charge in [0.15, 0.2) is 0 Å². The number of fused-ring (bicyclic) bond motifs is 1. The molecule has 1 unspecified atom stereocenters. The number of aromatic nitrogens is 2. The Morgan fingerprint density at radius 1 is 1.10 bits per heavy atom. The van der Waals surface area contributed by atoms with Crippen molar-refractivity contribution in [1.82, 2.24) is 9.97 Å². The van der Waals surface area contributed by atoms with Crippen molar-refractivity contribution in [3.05, 3.63) is 70.8 Å². The minimum Gasteiger partial charge on any atom is -0.378 e. The molecule has 1 atom stereocenters. The average molecular weight is 516 g/mol. The van der Waals surface area contributed by atoms with Gasteiger partial charge in [0.1, 0.15) is 5.82 Å². The number of benzene rings is 1. The minimum atomic E-state index is -0.204. The number of halogens is 1. The van der Waals surface area contributed by atoms with Gasteiger partial charge >= 0.3 is 0 Å². The highest BCUT2D eigenvalue weighted by molar-refractivity contribution is 14.1. The molecule has 30 heavy (non-hydrogen) atoms. The third-order valence-corrected chi connectivity index (χ3v) is 5.97. The number of likely N-dealkylation sites (N-methyl/N-ethyl adjacent to an activating group) is 1. The molecular weight excluding hydrogens is 487 g/mol. The summed E-state index contributed by atoms with van der Waals surface area (Å²) in [5, 5.41) is 2.42. The molecule has 1 aromatic carbocycles. The van der Waals surface area contributed by atoms with Gasteiger partial charge in [0.05, 0.1) is 19.3 Å². The van der Waals surface area contributed by atoms with Gasteiger partial charge < -0.3 is 15.4 Å². The monoisotopic (exact) mass is 516 g/mol. The Balaban J connectivity index is 2.02. The summed E-state index contributed by atoms with van der Waals surface area (Å²) in [6.45, 7) is 5.83. The first-order chi connectivity index (χ1) is 14.4. The second-order valence-corrected chi connectivity index (χ2v) is 8.91. The first kappa shape index (κ1) is 22.5. The molecule has 5 nitrogen and oxygen atoms in total. The van der Waals surface area contributed by atoms with Crippen molar-refractivity contribution >= 4 is 46.5 Å². The van der Waals surface area contributed by atoms with E-state index in [0.29, 0.717) is 6.61 Å². The van der Waals surface area contributed by atoms with Crippen molar-refractivity contribution in [1.29, 1.82) is 0 Å². The zero-order chi connectivity index (χ0) is 21.6. The molecule has 0 aliphatic heterocycles. The fourth-order valence-electron chi connectivity index (χ4n) is 3.68. The lowest BCUT2D eigenvalue weighted by Crippen LogP contribution is -2.50. The van der Waals surface area contributed by atoms with Crippen molar-refractivity contribution in [2.24, 2.45) is 0 Å². The Kier molecular flexibility index (Phi) is 7.66. The second kappa shape index (κ2) is 10.2. The highest BCUT2D eigenvalue weighted by Crippen LogP contribution is 2.31. The van der Waals surface area contributed by atoms with Crippen LogP contribution in [-0.2, 0) is 10.2 Å². The molecule has 1 heterocycles. The summed E-state index contributed by atoms with van der Waals surface area (Å²) in [7, 11) is 2.04. The van der Waals surface area contributed by atoms with Gasteiger partial charge in [-0.1, -0.05) is 91.1 Å². The van der Waals surface area contributed by atoms with Gasteiger partial charge in [-0.05, 0) is 22.1 Å². The fraction of sp³-hybridized carbons (Fsp3) is 0.333. The topological polar surface area (TPSA) is 64.3 Å². The number of nitrogen functional groups attached to an aromatic ring is 1. The number of ether oxygens (including phenoxy) is 1. The molecule has 0 saturated carbocycles. The van der Waals surface area contributed by atoms with Crippen LogP contribution in [0.15, 0.2) is 54.8 Å². The predicted octanol–water partition coefficient (Wildman–Crippen LogP) is 2.98. The van der Waals surface area contributed by atoms with E-state index in [1.807, 2.05) is 25.3 Å². The molecule has 1 aromatic heterocycles. The van der Waals surface area contributed by atoms with Crippen LogP contribution in [0.3, 0.4) is 0 Å². The molecule has 0 saturated heterocycles. The number of allylic oxidation sites excluding steroid dienone is 4. The van der Waals surface area contributed by atoms with Gasteiger partial charge in [-0.3, -0.25) is 0 Å². The standard InChI is InChI=1S/C24H29IN4O/c1-24(2,20-11-10-18-8-6-4-5-7-9-19(18)16-20)21(17-30-15-13-25)29(3)22-12-14-27-23(26)28-22/h4-12,14,16,21H,13,15,17H2,1-3H3,(H2,26,27,28)/b5-4?,6-4-,7-5-,8-6?,9-7?,18-8-,19-9-. The van der Waals surface area contributed by atoms with E-state index in [9.17, 15) is 0 Å². The number of nitrogens with zero attached hydrogens (tertiary/aromatic N) is 3. The number of anilines is 2. The molecule has 3 rings (SSSR count). The van der Waals surface area contributed by atoms with E-state index in [0.717, 1.165) is 16.9 Å². The Morgan fingerprint density at radius 3 is 2.53 bits per heavy atom. The van der Waals surface area contributed by atoms with Crippen molar-refractivity contribution in [2.75, 3.05) is 35.3 Å². The molecule has 2 aromatic rings. The van der Waals surface area contributed by atoms with Gasteiger partial charge in [0.2, 0.25) is 5.95 Å². The number of rotatable bonds is 8. The van der Waals surface area contributed by atoms with Crippen LogP contribution in [0.4, 0.5) is 11.8 Å². The number of hydrogen-bond donors (Lipinski definition) is 1. The Morgan fingerprint density at radius 2 is 1.83 bits per heavy atom. The summed E-state index contributed by atoms with van der Waals surface area (Å²) in [4.78, 5) is 10.6. The zero-order valence-corrected chi connectivity index (χ0v) is 19.9. The normalized spacial score (nSPS) is 18.5. The van der Waals surface area contributed by atoms with E-state index in [2.05, 4.69) is 93.8 Å². The SMILES string of the molecule is CN(c1ccnc(N)n1)C(COCCI)C(C)(C)c1ccc2/c(c1)=C\C=C/C=C\C=2. The van der Waals surface area contributed by atoms with E-state index >= 15 is 0 Å². The first-order valence-corrected chi connectivity index (χ1v) is 11.6. The largest absolute Gasteiger partial charge is 0.378 e. The predicted molar refractivity (Wildman–Crippen MR) is 134 cm³/mol. The number of alkyl halides is 1. The van der Waals surface area contributed by atoms with Crippen LogP contribution in [0.25, 0.3) is 12.2 Å². The van der Waals surface area contributed by atoms with Gasteiger partial charge in [-0.15, -0.1) is 0 Å². The van der Waals surface area contributed by atoms with Crippen LogP contribution >= 0.6 is 22.6 Å². The summed E-state index contributed by atoms with van der Waals surface area (Å²) in [6, 6.07) is 8.63. The van der Waals surface area contributed by atoms with Crippen LogP contribution in [-0.4, -0.2) is 40.7 Å². The summed E-state index contributed by atoms with van der Waals surface area (Å²) >= 11 is 2.33. The van der Waals surface area contributed by atoms with Crippen molar-refractivity contribution in [3.63, 3.8) is 0 Å². The smallest absolute Gasteiger partial charge is 0.221 e.